The first-order valence-electron chi connectivity index (χ1n) is 6.49. The smallest absolute Gasteiger partial charge is 0.0998 e. The van der Waals surface area contributed by atoms with Gasteiger partial charge in [-0.3, -0.25) is 0 Å². The fourth-order valence-electron chi connectivity index (χ4n) is 2.35. The molecule has 3 rings (SSSR count). The third-order valence-electron chi connectivity index (χ3n) is 3.49. The molecular formula is C17H14N2O. The van der Waals surface area contributed by atoms with Gasteiger partial charge in [0.1, 0.15) is 0 Å². The van der Waals surface area contributed by atoms with Crippen LogP contribution in [0.3, 0.4) is 0 Å². The van der Waals surface area contributed by atoms with Gasteiger partial charge in [0.05, 0.1) is 17.7 Å². The average molecular weight is 262 g/mol. The highest BCUT2D eigenvalue weighted by molar-refractivity contribution is 5.90. The lowest BCUT2D eigenvalue weighted by Crippen LogP contribution is -1.89. The summed E-state index contributed by atoms with van der Waals surface area (Å²) in [5.41, 5.74) is 4.53. The molecular weight excluding hydrogens is 248 g/mol. The molecule has 3 nitrogen and oxygen atoms in total. The van der Waals surface area contributed by atoms with Crippen molar-refractivity contribution in [3.05, 3.63) is 59.7 Å². The Morgan fingerprint density at radius 1 is 1.15 bits per heavy atom. The van der Waals surface area contributed by atoms with Gasteiger partial charge < -0.3 is 10.1 Å². The van der Waals surface area contributed by atoms with Crippen LogP contribution in [0.2, 0.25) is 0 Å². The van der Waals surface area contributed by atoms with E-state index in [9.17, 15) is 5.11 Å². The van der Waals surface area contributed by atoms with Gasteiger partial charge in [0, 0.05) is 16.6 Å². The number of nitrogens with one attached hydrogen (secondary N) is 1. The summed E-state index contributed by atoms with van der Waals surface area (Å²) in [6, 6.07) is 17.6. The largest absolute Gasteiger partial charge is 0.389 e. The van der Waals surface area contributed by atoms with Crippen LogP contribution < -0.4 is 0 Å². The number of H-pyrrole nitrogens is 1. The Morgan fingerprint density at radius 2 is 1.90 bits per heavy atom. The van der Waals surface area contributed by atoms with Crippen LogP contribution in [-0.2, 0) is 0 Å². The first-order chi connectivity index (χ1) is 9.69. The Bertz CT molecular complexity index is 792. The Morgan fingerprint density at radius 3 is 2.55 bits per heavy atom. The zero-order valence-corrected chi connectivity index (χ0v) is 11.1. The van der Waals surface area contributed by atoms with Crippen molar-refractivity contribution in [2.45, 2.75) is 13.0 Å². The van der Waals surface area contributed by atoms with Gasteiger partial charge in [0.2, 0.25) is 0 Å². The summed E-state index contributed by atoms with van der Waals surface area (Å²) in [7, 11) is 0. The molecule has 0 amide bonds. The third-order valence-corrected chi connectivity index (χ3v) is 3.49. The molecule has 0 unspecified atom stereocenters. The molecule has 0 aliphatic rings. The molecule has 2 N–H and O–H groups in total. The zero-order valence-electron chi connectivity index (χ0n) is 11.1. The minimum absolute atomic E-state index is 0.461. The summed E-state index contributed by atoms with van der Waals surface area (Å²) in [5, 5.41) is 19.6. The SMILES string of the molecule is C[C@@H](O)c1ccc(-c2cc3c(C#N)cccc3[nH]2)cc1. The molecule has 0 radical (unpaired) electrons. The van der Waals surface area contributed by atoms with Crippen molar-refractivity contribution in [1.82, 2.24) is 4.98 Å². The van der Waals surface area contributed by atoms with E-state index in [-0.39, 0.29) is 0 Å². The van der Waals surface area contributed by atoms with Crippen LogP contribution in [0.4, 0.5) is 0 Å². The van der Waals surface area contributed by atoms with E-state index in [1.54, 1.807) is 6.92 Å². The molecule has 0 aliphatic carbocycles. The van der Waals surface area contributed by atoms with E-state index in [1.807, 2.05) is 48.5 Å². The highest BCUT2D eigenvalue weighted by Gasteiger charge is 2.07. The first-order valence-corrected chi connectivity index (χ1v) is 6.49. The number of aromatic amines is 1. The molecule has 1 aromatic heterocycles. The topological polar surface area (TPSA) is 59.8 Å². The van der Waals surface area contributed by atoms with Crippen molar-refractivity contribution in [3.8, 4) is 17.3 Å². The molecule has 0 spiro atoms. The summed E-state index contributed by atoms with van der Waals surface area (Å²) in [5.74, 6) is 0. The molecule has 3 aromatic rings. The summed E-state index contributed by atoms with van der Waals surface area (Å²) < 4.78 is 0. The van der Waals surface area contributed by atoms with E-state index in [2.05, 4.69) is 11.1 Å². The maximum atomic E-state index is 9.52. The molecule has 1 atom stereocenters. The zero-order chi connectivity index (χ0) is 14.1. The van der Waals surface area contributed by atoms with Crippen LogP contribution in [0.25, 0.3) is 22.2 Å². The number of hydrogen-bond acceptors (Lipinski definition) is 2. The van der Waals surface area contributed by atoms with Crippen molar-refractivity contribution < 1.29 is 5.11 Å². The number of aliphatic hydroxyl groups is 1. The molecule has 0 saturated heterocycles. The lowest BCUT2D eigenvalue weighted by molar-refractivity contribution is 0.199. The predicted molar refractivity (Wildman–Crippen MR) is 79.1 cm³/mol. The van der Waals surface area contributed by atoms with E-state index >= 15 is 0 Å². The minimum Gasteiger partial charge on any atom is -0.389 e. The van der Waals surface area contributed by atoms with Gasteiger partial charge in [-0.05, 0) is 36.2 Å². The number of nitrogens with zero attached hydrogens (tertiary/aromatic N) is 1. The van der Waals surface area contributed by atoms with E-state index in [0.29, 0.717) is 5.56 Å². The second kappa shape index (κ2) is 4.84. The van der Waals surface area contributed by atoms with Gasteiger partial charge in [0.25, 0.3) is 0 Å². The Kier molecular flexibility index (Phi) is 3.02. The number of rotatable bonds is 2. The second-order valence-corrected chi connectivity index (χ2v) is 4.86. The van der Waals surface area contributed by atoms with Crippen LogP contribution in [0.1, 0.15) is 24.2 Å². The second-order valence-electron chi connectivity index (χ2n) is 4.86. The lowest BCUT2D eigenvalue weighted by Gasteiger charge is -2.05. The fourth-order valence-corrected chi connectivity index (χ4v) is 2.35. The van der Waals surface area contributed by atoms with Gasteiger partial charge in [0.15, 0.2) is 0 Å². The first kappa shape index (κ1) is 12.5. The van der Waals surface area contributed by atoms with E-state index in [0.717, 1.165) is 27.7 Å². The van der Waals surface area contributed by atoms with Gasteiger partial charge in [-0.15, -0.1) is 0 Å². The number of aromatic nitrogens is 1. The standard InChI is InChI=1S/C17H14N2O/c1-11(20)12-5-7-13(8-6-12)17-9-15-14(10-18)3-2-4-16(15)19-17/h2-9,11,19-20H,1H3/t11-/m1/s1. The highest BCUT2D eigenvalue weighted by atomic mass is 16.3. The minimum atomic E-state index is -0.461. The molecule has 0 bridgehead atoms. The summed E-state index contributed by atoms with van der Waals surface area (Å²) >= 11 is 0. The van der Waals surface area contributed by atoms with Crippen molar-refractivity contribution in [3.63, 3.8) is 0 Å². The van der Waals surface area contributed by atoms with Gasteiger partial charge in [-0.25, -0.2) is 0 Å². The van der Waals surface area contributed by atoms with Gasteiger partial charge >= 0.3 is 0 Å². The van der Waals surface area contributed by atoms with E-state index in [4.69, 9.17) is 5.26 Å². The number of benzene rings is 2. The van der Waals surface area contributed by atoms with Crippen LogP contribution in [-0.4, -0.2) is 10.1 Å². The summed E-state index contributed by atoms with van der Waals surface area (Å²) in [6.07, 6.45) is -0.461. The van der Waals surface area contributed by atoms with Gasteiger partial charge in [-0.1, -0.05) is 30.3 Å². The Labute approximate surface area is 117 Å². The Hall–Kier alpha value is -2.57. The number of hydrogen-bond donors (Lipinski definition) is 2. The van der Waals surface area contributed by atoms with Crippen LogP contribution in [0.15, 0.2) is 48.5 Å². The molecule has 2 aromatic carbocycles. The summed E-state index contributed by atoms with van der Waals surface area (Å²) in [6.45, 7) is 1.75. The molecule has 98 valence electrons. The monoisotopic (exact) mass is 262 g/mol. The van der Waals surface area contributed by atoms with E-state index < -0.39 is 6.10 Å². The van der Waals surface area contributed by atoms with Crippen LogP contribution in [0, 0.1) is 11.3 Å². The molecule has 0 aliphatic heterocycles. The quantitative estimate of drug-likeness (QED) is 0.738. The van der Waals surface area contributed by atoms with E-state index in [1.165, 1.54) is 0 Å². The maximum Gasteiger partial charge on any atom is 0.0998 e. The number of nitriles is 1. The summed E-state index contributed by atoms with van der Waals surface area (Å²) in [4.78, 5) is 3.32. The normalized spacial score (nSPS) is 12.2. The van der Waals surface area contributed by atoms with Crippen molar-refractivity contribution in [2.24, 2.45) is 0 Å². The molecule has 0 fully saturated rings. The van der Waals surface area contributed by atoms with Gasteiger partial charge in [-0.2, -0.15) is 5.26 Å². The van der Waals surface area contributed by atoms with Crippen LogP contribution in [0.5, 0.6) is 0 Å². The number of aliphatic hydroxyl groups excluding tert-OH is 1. The number of fused-ring (bicyclic) bond motifs is 1. The van der Waals surface area contributed by atoms with Crippen molar-refractivity contribution in [1.29, 1.82) is 5.26 Å². The average Bonchev–Trinajstić information content (AvgIpc) is 2.91. The molecule has 0 saturated carbocycles. The lowest BCUT2D eigenvalue weighted by atomic mass is 10.1. The fraction of sp³-hybridized carbons (Fsp3) is 0.118. The third kappa shape index (κ3) is 2.07. The molecule has 3 heteroatoms. The Balaban J connectivity index is 2.08. The van der Waals surface area contributed by atoms with Crippen LogP contribution >= 0.6 is 0 Å². The van der Waals surface area contributed by atoms with Crippen molar-refractivity contribution >= 4 is 10.9 Å². The maximum absolute atomic E-state index is 9.52. The molecule has 1 heterocycles. The predicted octanol–water partition coefficient (Wildman–Crippen LogP) is 3.76. The highest BCUT2D eigenvalue weighted by Crippen LogP contribution is 2.27. The van der Waals surface area contributed by atoms with Crippen molar-refractivity contribution in [2.75, 3.05) is 0 Å². The molecule has 20 heavy (non-hydrogen) atoms.